The van der Waals surface area contributed by atoms with Crippen molar-refractivity contribution in [3.8, 4) is 11.5 Å². The summed E-state index contributed by atoms with van der Waals surface area (Å²) in [6, 6.07) is 32.1. The Balaban J connectivity index is 1.28. The third-order valence-corrected chi connectivity index (χ3v) is 8.10. The molecule has 9 nitrogen and oxygen atoms in total. The molecule has 0 N–H and O–H groups in total. The summed E-state index contributed by atoms with van der Waals surface area (Å²) in [5.41, 5.74) is 2.40. The number of imide groups is 1. The molecule has 224 valence electrons. The van der Waals surface area contributed by atoms with Gasteiger partial charge in [0.25, 0.3) is 11.8 Å². The van der Waals surface area contributed by atoms with Crippen molar-refractivity contribution in [1.29, 1.82) is 0 Å². The fourth-order valence-corrected chi connectivity index (χ4v) is 5.93. The SMILES string of the molecule is COc1ccc(OC2OC3COC(c4ccccc4)OC3C(OCc3ccccc3)C2N2C(=O)c3ccccc3C2=O)cc1. The normalized spacial score (nSPS) is 26.2. The maximum atomic E-state index is 13.9. The molecule has 6 atom stereocenters. The van der Waals surface area contributed by atoms with Crippen LogP contribution in [0.1, 0.15) is 38.1 Å². The van der Waals surface area contributed by atoms with Gasteiger partial charge < -0.3 is 28.4 Å². The number of hydrogen-bond acceptors (Lipinski definition) is 8. The Morgan fingerprint density at radius 2 is 1.36 bits per heavy atom. The molecule has 9 heteroatoms. The molecule has 44 heavy (non-hydrogen) atoms. The molecule has 4 aromatic rings. The number of ether oxygens (including phenoxy) is 6. The first-order valence-corrected chi connectivity index (χ1v) is 14.5. The highest BCUT2D eigenvalue weighted by atomic mass is 16.8. The third-order valence-electron chi connectivity index (χ3n) is 8.10. The summed E-state index contributed by atoms with van der Waals surface area (Å²) in [4.78, 5) is 29.0. The number of fused-ring (bicyclic) bond motifs is 2. The van der Waals surface area contributed by atoms with E-state index >= 15 is 0 Å². The Kier molecular flexibility index (Phi) is 7.84. The highest BCUT2D eigenvalue weighted by Gasteiger charge is 2.57. The van der Waals surface area contributed by atoms with Gasteiger partial charge in [0.15, 0.2) is 6.29 Å². The maximum absolute atomic E-state index is 13.9. The van der Waals surface area contributed by atoms with Crippen molar-refractivity contribution in [2.24, 2.45) is 0 Å². The average Bonchev–Trinajstić information content (AvgIpc) is 3.33. The number of carbonyl (C=O) groups excluding carboxylic acids is 2. The molecule has 3 heterocycles. The van der Waals surface area contributed by atoms with Crippen LogP contribution in [0.15, 0.2) is 109 Å². The molecule has 2 amide bonds. The molecule has 0 spiro atoms. The Morgan fingerprint density at radius 1 is 0.750 bits per heavy atom. The summed E-state index contributed by atoms with van der Waals surface area (Å²) in [7, 11) is 1.58. The number of methoxy groups -OCH3 is 1. The van der Waals surface area contributed by atoms with Crippen LogP contribution in [0.5, 0.6) is 11.5 Å². The highest BCUT2D eigenvalue weighted by Crippen LogP contribution is 2.40. The smallest absolute Gasteiger partial charge is 0.262 e. The molecule has 7 rings (SSSR count). The number of benzene rings is 4. The van der Waals surface area contributed by atoms with Gasteiger partial charge in [0.1, 0.15) is 35.9 Å². The molecule has 6 unspecified atom stereocenters. The van der Waals surface area contributed by atoms with Gasteiger partial charge in [0.2, 0.25) is 6.29 Å². The zero-order valence-electron chi connectivity index (χ0n) is 24.0. The van der Waals surface area contributed by atoms with Crippen LogP contribution in [0.3, 0.4) is 0 Å². The summed E-state index contributed by atoms with van der Waals surface area (Å²) < 4.78 is 37.5. The first-order chi connectivity index (χ1) is 21.6. The van der Waals surface area contributed by atoms with E-state index in [9.17, 15) is 9.59 Å². The highest BCUT2D eigenvalue weighted by molar-refractivity contribution is 6.21. The summed E-state index contributed by atoms with van der Waals surface area (Å²) in [5.74, 6) is 0.239. The molecule has 0 aliphatic carbocycles. The lowest BCUT2D eigenvalue weighted by molar-refractivity contribution is -0.344. The molecule has 0 radical (unpaired) electrons. The Labute approximate surface area is 254 Å². The van der Waals surface area contributed by atoms with Crippen molar-refractivity contribution >= 4 is 11.8 Å². The van der Waals surface area contributed by atoms with E-state index in [0.717, 1.165) is 11.1 Å². The lowest BCUT2D eigenvalue weighted by Crippen LogP contribution is -2.68. The van der Waals surface area contributed by atoms with Crippen LogP contribution in [0, 0.1) is 0 Å². The quantitative estimate of drug-likeness (QED) is 0.259. The summed E-state index contributed by atoms with van der Waals surface area (Å²) in [5, 5.41) is 0. The van der Waals surface area contributed by atoms with Crippen LogP contribution >= 0.6 is 0 Å². The second-order valence-corrected chi connectivity index (χ2v) is 10.8. The molecule has 0 saturated carbocycles. The van der Waals surface area contributed by atoms with Gasteiger partial charge in [-0.05, 0) is 42.0 Å². The average molecular weight is 594 g/mol. The lowest BCUT2D eigenvalue weighted by Gasteiger charge is -2.50. The molecular formula is C35H31NO8. The minimum atomic E-state index is -1.09. The summed E-state index contributed by atoms with van der Waals surface area (Å²) in [6.45, 7) is 0.399. The van der Waals surface area contributed by atoms with Gasteiger partial charge >= 0.3 is 0 Å². The van der Waals surface area contributed by atoms with Crippen molar-refractivity contribution in [2.75, 3.05) is 13.7 Å². The maximum Gasteiger partial charge on any atom is 0.262 e. The molecule has 2 fully saturated rings. The largest absolute Gasteiger partial charge is 0.497 e. The van der Waals surface area contributed by atoms with E-state index in [1.807, 2.05) is 60.7 Å². The molecule has 3 aliphatic rings. The van der Waals surface area contributed by atoms with Gasteiger partial charge in [-0.2, -0.15) is 0 Å². The lowest BCUT2D eigenvalue weighted by atomic mass is 9.94. The predicted octanol–water partition coefficient (Wildman–Crippen LogP) is 5.16. The molecule has 0 bridgehead atoms. The van der Waals surface area contributed by atoms with E-state index in [0.29, 0.717) is 22.6 Å². The fraction of sp³-hybridized carbons (Fsp3) is 0.257. The van der Waals surface area contributed by atoms with E-state index in [1.54, 1.807) is 55.6 Å². The molecule has 2 saturated heterocycles. The molecular weight excluding hydrogens is 562 g/mol. The standard InChI is InChI=1S/C35H31NO8/c1-39-24-16-18-25(19-17-24)42-35-29(36-32(37)26-14-8-9-15-27(26)33(36)38)31(40-20-22-10-4-2-5-11-22)30-28(43-35)21-41-34(44-30)23-12-6-3-7-13-23/h2-19,28-31,34-35H,20-21H2,1H3. The van der Waals surface area contributed by atoms with Gasteiger partial charge in [-0.15, -0.1) is 0 Å². The third kappa shape index (κ3) is 5.35. The van der Waals surface area contributed by atoms with E-state index in [4.69, 9.17) is 28.4 Å². The first-order valence-electron chi connectivity index (χ1n) is 14.5. The van der Waals surface area contributed by atoms with E-state index in [1.165, 1.54) is 4.90 Å². The predicted molar refractivity (Wildman–Crippen MR) is 158 cm³/mol. The molecule has 4 aromatic carbocycles. The Morgan fingerprint density at radius 3 is 2.02 bits per heavy atom. The van der Waals surface area contributed by atoms with Crippen molar-refractivity contribution in [3.05, 3.63) is 131 Å². The number of amides is 2. The molecule has 3 aliphatic heterocycles. The zero-order chi connectivity index (χ0) is 30.0. The van der Waals surface area contributed by atoms with E-state index < -0.39 is 48.7 Å². The van der Waals surface area contributed by atoms with Gasteiger partial charge in [-0.3, -0.25) is 14.5 Å². The Bertz CT molecular complexity index is 1580. The zero-order valence-corrected chi connectivity index (χ0v) is 24.0. The second kappa shape index (κ2) is 12.2. The first kappa shape index (κ1) is 28.2. The molecule has 0 aromatic heterocycles. The van der Waals surface area contributed by atoms with Gasteiger partial charge in [-0.25, -0.2) is 0 Å². The number of rotatable bonds is 8. The van der Waals surface area contributed by atoms with Crippen molar-refractivity contribution in [2.45, 2.75) is 43.5 Å². The van der Waals surface area contributed by atoms with Crippen LogP contribution in [0.2, 0.25) is 0 Å². The Hall–Kier alpha value is -4.54. The number of carbonyl (C=O) groups is 2. The van der Waals surface area contributed by atoms with Crippen LogP contribution < -0.4 is 9.47 Å². The summed E-state index contributed by atoms with van der Waals surface area (Å²) in [6.07, 6.45) is -3.90. The van der Waals surface area contributed by atoms with E-state index in [2.05, 4.69) is 0 Å². The number of hydrogen-bond donors (Lipinski definition) is 0. The van der Waals surface area contributed by atoms with Crippen LogP contribution in [-0.2, 0) is 25.6 Å². The van der Waals surface area contributed by atoms with Gasteiger partial charge in [-0.1, -0.05) is 72.8 Å². The van der Waals surface area contributed by atoms with Gasteiger partial charge in [0, 0.05) is 5.56 Å². The minimum absolute atomic E-state index is 0.187. The van der Waals surface area contributed by atoms with Crippen LogP contribution in [-0.4, -0.2) is 61.1 Å². The van der Waals surface area contributed by atoms with Gasteiger partial charge in [0.05, 0.1) is 31.5 Å². The monoisotopic (exact) mass is 593 g/mol. The fourth-order valence-electron chi connectivity index (χ4n) is 5.93. The summed E-state index contributed by atoms with van der Waals surface area (Å²) >= 11 is 0. The number of nitrogens with zero attached hydrogens (tertiary/aromatic N) is 1. The van der Waals surface area contributed by atoms with Crippen LogP contribution in [0.25, 0.3) is 0 Å². The van der Waals surface area contributed by atoms with Crippen molar-refractivity contribution in [1.82, 2.24) is 4.90 Å². The second-order valence-electron chi connectivity index (χ2n) is 10.8. The minimum Gasteiger partial charge on any atom is -0.497 e. The van der Waals surface area contributed by atoms with Crippen LogP contribution in [0.4, 0.5) is 0 Å². The van der Waals surface area contributed by atoms with E-state index in [-0.39, 0.29) is 13.2 Å². The van der Waals surface area contributed by atoms with Crippen molar-refractivity contribution < 1.29 is 38.0 Å². The topological polar surface area (TPSA) is 92.8 Å². The van der Waals surface area contributed by atoms with Crippen molar-refractivity contribution in [3.63, 3.8) is 0 Å².